The Hall–Kier alpha value is -2.34. The molecular weight excluding hydrogens is 379 g/mol. The number of benzene rings is 2. The highest BCUT2D eigenvalue weighted by Gasteiger charge is 2.38. The second-order valence-electron chi connectivity index (χ2n) is 7.98. The summed E-state index contributed by atoms with van der Waals surface area (Å²) in [4.78, 5) is 13.4. The third kappa shape index (κ3) is 4.81. The van der Waals surface area contributed by atoms with Crippen LogP contribution in [0.25, 0.3) is 0 Å². The van der Waals surface area contributed by atoms with E-state index in [0.29, 0.717) is 25.3 Å². The third-order valence-corrected chi connectivity index (χ3v) is 5.65. The molecule has 0 aromatic heterocycles. The predicted molar refractivity (Wildman–Crippen MR) is 106 cm³/mol. The summed E-state index contributed by atoms with van der Waals surface area (Å²) in [5, 5.41) is 9.45. The Morgan fingerprint density at radius 2 is 1.69 bits per heavy atom. The third-order valence-electron chi connectivity index (χ3n) is 5.65. The SMILES string of the molecule is CC(C)c1ccc(C(c2ccccc2C(F)(F)F)N2CCCC(C(=O)O)C2)cc1. The van der Waals surface area contributed by atoms with E-state index in [1.807, 2.05) is 29.2 Å². The van der Waals surface area contributed by atoms with E-state index in [0.717, 1.165) is 17.2 Å². The van der Waals surface area contributed by atoms with E-state index in [9.17, 15) is 23.1 Å². The topological polar surface area (TPSA) is 40.5 Å². The molecule has 0 radical (unpaired) electrons. The van der Waals surface area contributed by atoms with Gasteiger partial charge in [-0.1, -0.05) is 56.3 Å². The van der Waals surface area contributed by atoms with Gasteiger partial charge >= 0.3 is 12.1 Å². The zero-order valence-electron chi connectivity index (χ0n) is 16.6. The van der Waals surface area contributed by atoms with E-state index in [1.54, 1.807) is 6.07 Å². The Morgan fingerprint density at radius 1 is 1.07 bits per heavy atom. The minimum absolute atomic E-state index is 0.170. The van der Waals surface area contributed by atoms with Crippen molar-refractivity contribution in [1.29, 1.82) is 0 Å². The van der Waals surface area contributed by atoms with Gasteiger partial charge in [0, 0.05) is 6.54 Å². The first-order chi connectivity index (χ1) is 13.7. The Morgan fingerprint density at radius 3 is 2.28 bits per heavy atom. The number of carboxylic acid groups (broad SMARTS) is 1. The van der Waals surface area contributed by atoms with E-state index in [-0.39, 0.29) is 12.1 Å². The molecule has 3 nitrogen and oxygen atoms in total. The molecule has 2 aromatic rings. The molecule has 156 valence electrons. The summed E-state index contributed by atoms with van der Waals surface area (Å²) in [6, 6.07) is 12.6. The molecule has 2 aromatic carbocycles. The molecule has 0 spiro atoms. The predicted octanol–water partition coefficient (Wildman–Crippen LogP) is 5.71. The Labute approximate surface area is 169 Å². The van der Waals surface area contributed by atoms with Crippen LogP contribution in [0.2, 0.25) is 0 Å². The first-order valence-electron chi connectivity index (χ1n) is 9.91. The molecule has 6 heteroatoms. The molecule has 1 aliphatic rings. The fraction of sp³-hybridized carbons (Fsp3) is 0.435. The zero-order chi connectivity index (χ0) is 21.2. The Balaban J connectivity index is 2.09. The number of carbonyl (C=O) groups is 1. The minimum atomic E-state index is -4.48. The first kappa shape index (κ1) is 21.4. The van der Waals surface area contributed by atoms with Gasteiger partial charge in [-0.3, -0.25) is 9.69 Å². The highest BCUT2D eigenvalue weighted by molar-refractivity contribution is 5.70. The van der Waals surface area contributed by atoms with Crippen LogP contribution in [0.4, 0.5) is 13.2 Å². The molecule has 29 heavy (non-hydrogen) atoms. The summed E-state index contributed by atoms with van der Waals surface area (Å²) in [6.07, 6.45) is -3.29. The maximum atomic E-state index is 13.8. The van der Waals surface area contributed by atoms with Crippen molar-refractivity contribution >= 4 is 5.97 Å². The number of piperidine rings is 1. The second-order valence-corrected chi connectivity index (χ2v) is 7.98. The number of halogens is 3. The highest BCUT2D eigenvalue weighted by atomic mass is 19.4. The number of rotatable bonds is 5. The standard InChI is InChI=1S/C23H26F3NO2/c1-15(2)16-9-11-17(12-10-16)21(27-13-5-6-18(14-27)22(28)29)19-7-3-4-8-20(19)23(24,25)26/h3-4,7-12,15,18,21H,5-6,13-14H2,1-2H3,(H,28,29). The lowest BCUT2D eigenvalue weighted by molar-refractivity contribution is -0.144. The van der Waals surface area contributed by atoms with E-state index in [1.165, 1.54) is 12.1 Å². The van der Waals surface area contributed by atoms with Crippen LogP contribution in [-0.4, -0.2) is 29.1 Å². The van der Waals surface area contributed by atoms with Crippen LogP contribution in [0.15, 0.2) is 48.5 Å². The van der Waals surface area contributed by atoms with E-state index >= 15 is 0 Å². The van der Waals surface area contributed by atoms with Crippen molar-refractivity contribution < 1.29 is 23.1 Å². The van der Waals surface area contributed by atoms with E-state index < -0.39 is 29.7 Å². The van der Waals surface area contributed by atoms with Gasteiger partial charge in [-0.25, -0.2) is 0 Å². The molecule has 1 saturated heterocycles. The van der Waals surface area contributed by atoms with Gasteiger partial charge in [-0.2, -0.15) is 13.2 Å². The molecule has 1 heterocycles. The average Bonchev–Trinajstić information content (AvgIpc) is 2.68. The van der Waals surface area contributed by atoms with Crippen molar-refractivity contribution in [2.75, 3.05) is 13.1 Å². The fourth-order valence-corrected chi connectivity index (χ4v) is 4.09. The number of hydrogen-bond donors (Lipinski definition) is 1. The van der Waals surface area contributed by atoms with E-state index in [2.05, 4.69) is 13.8 Å². The monoisotopic (exact) mass is 405 g/mol. The number of carboxylic acids is 1. The zero-order valence-corrected chi connectivity index (χ0v) is 16.6. The van der Waals surface area contributed by atoms with Crippen molar-refractivity contribution in [3.63, 3.8) is 0 Å². The van der Waals surface area contributed by atoms with E-state index in [4.69, 9.17) is 0 Å². The van der Waals surface area contributed by atoms with Gasteiger partial charge in [0.15, 0.2) is 0 Å². The quantitative estimate of drug-likeness (QED) is 0.692. The molecule has 3 rings (SSSR count). The van der Waals surface area contributed by atoms with Crippen molar-refractivity contribution in [1.82, 2.24) is 4.90 Å². The van der Waals surface area contributed by atoms with Crippen LogP contribution in [0.1, 0.15) is 60.9 Å². The molecule has 0 aliphatic carbocycles. The lowest BCUT2D eigenvalue weighted by Gasteiger charge is -2.38. The summed E-state index contributed by atoms with van der Waals surface area (Å²) in [5.41, 5.74) is 1.36. The molecule has 1 fully saturated rings. The number of hydrogen-bond acceptors (Lipinski definition) is 2. The van der Waals surface area contributed by atoms with Crippen LogP contribution in [0.3, 0.4) is 0 Å². The summed E-state index contributed by atoms with van der Waals surface area (Å²) >= 11 is 0. The molecular formula is C23H26F3NO2. The highest BCUT2D eigenvalue weighted by Crippen LogP contribution is 2.40. The van der Waals surface area contributed by atoms with Gasteiger partial charge in [-0.05, 0) is 48.1 Å². The van der Waals surface area contributed by atoms with Gasteiger partial charge in [-0.15, -0.1) is 0 Å². The van der Waals surface area contributed by atoms with Crippen molar-refractivity contribution in [3.05, 3.63) is 70.8 Å². The Bertz CT molecular complexity index is 846. The van der Waals surface area contributed by atoms with Crippen molar-refractivity contribution in [2.45, 2.75) is 44.8 Å². The van der Waals surface area contributed by atoms with Crippen LogP contribution in [-0.2, 0) is 11.0 Å². The Kier molecular flexibility index (Phi) is 6.32. The smallest absolute Gasteiger partial charge is 0.416 e. The van der Waals surface area contributed by atoms with Crippen molar-refractivity contribution in [2.24, 2.45) is 5.92 Å². The summed E-state index contributed by atoms with van der Waals surface area (Å²) in [5.74, 6) is -1.15. The molecule has 2 atom stereocenters. The number of aliphatic carboxylic acids is 1. The molecule has 0 bridgehead atoms. The van der Waals surface area contributed by atoms with Gasteiger partial charge in [0.25, 0.3) is 0 Å². The van der Waals surface area contributed by atoms with Crippen LogP contribution in [0.5, 0.6) is 0 Å². The summed E-state index contributed by atoms with van der Waals surface area (Å²) in [7, 11) is 0. The number of nitrogens with zero attached hydrogens (tertiary/aromatic N) is 1. The molecule has 2 unspecified atom stereocenters. The normalized spacial score (nSPS) is 19.3. The fourth-order valence-electron chi connectivity index (χ4n) is 4.09. The molecule has 1 aliphatic heterocycles. The lowest BCUT2D eigenvalue weighted by Crippen LogP contribution is -2.41. The molecule has 0 amide bonds. The minimum Gasteiger partial charge on any atom is -0.481 e. The van der Waals surface area contributed by atoms with Crippen LogP contribution < -0.4 is 0 Å². The number of alkyl halides is 3. The first-order valence-corrected chi connectivity index (χ1v) is 9.91. The number of likely N-dealkylation sites (tertiary alicyclic amines) is 1. The van der Waals surface area contributed by atoms with Gasteiger partial charge < -0.3 is 5.11 Å². The van der Waals surface area contributed by atoms with Crippen LogP contribution in [0, 0.1) is 5.92 Å². The lowest BCUT2D eigenvalue weighted by atomic mass is 9.88. The van der Waals surface area contributed by atoms with Gasteiger partial charge in [0.05, 0.1) is 17.5 Å². The van der Waals surface area contributed by atoms with Crippen molar-refractivity contribution in [3.8, 4) is 0 Å². The van der Waals surface area contributed by atoms with Gasteiger partial charge in [0.2, 0.25) is 0 Å². The summed E-state index contributed by atoms with van der Waals surface area (Å²) in [6.45, 7) is 4.92. The maximum absolute atomic E-state index is 13.8. The summed E-state index contributed by atoms with van der Waals surface area (Å²) < 4.78 is 41.3. The van der Waals surface area contributed by atoms with Crippen LogP contribution >= 0.6 is 0 Å². The average molecular weight is 405 g/mol. The largest absolute Gasteiger partial charge is 0.481 e. The van der Waals surface area contributed by atoms with Gasteiger partial charge in [0.1, 0.15) is 0 Å². The second kappa shape index (κ2) is 8.57. The molecule has 1 N–H and O–H groups in total. The molecule has 0 saturated carbocycles. The maximum Gasteiger partial charge on any atom is 0.416 e.